The smallest absolute Gasteiger partial charge is 0.326 e. The van der Waals surface area contributed by atoms with E-state index in [4.69, 9.17) is 4.74 Å². The fourth-order valence-electron chi connectivity index (χ4n) is 3.41. The lowest BCUT2D eigenvalue weighted by Crippen LogP contribution is -2.54. The van der Waals surface area contributed by atoms with Crippen LogP contribution in [0.1, 0.15) is 46.0 Å². The van der Waals surface area contributed by atoms with Gasteiger partial charge in [-0.05, 0) is 25.2 Å². The summed E-state index contributed by atoms with van der Waals surface area (Å²) >= 11 is 0. The Morgan fingerprint density at radius 1 is 1.30 bits per heavy atom. The molecule has 0 bridgehead atoms. The lowest BCUT2D eigenvalue weighted by molar-refractivity contribution is -0.151. The molecule has 2 rings (SSSR count). The second-order valence-electron chi connectivity index (χ2n) is 6.90. The van der Waals surface area contributed by atoms with Crippen molar-refractivity contribution in [3.05, 3.63) is 0 Å². The topological polar surface area (TPSA) is 134 Å². The van der Waals surface area contributed by atoms with Crippen molar-refractivity contribution in [3.8, 4) is 0 Å². The van der Waals surface area contributed by atoms with Gasteiger partial charge in [0.05, 0.1) is 0 Å². The largest absolute Gasteiger partial charge is 0.454 e. The zero-order valence-corrected chi connectivity index (χ0v) is 15.6. The summed E-state index contributed by atoms with van der Waals surface area (Å²) in [7, 11) is 0. The molecule has 1 spiro atoms. The molecular weight excluding hydrogens is 356 g/mol. The highest BCUT2D eigenvalue weighted by atomic mass is 16.5. The van der Waals surface area contributed by atoms with E-state index < -0.39 is 48.5 Å². The standard InChI is InChI=1S/C17H26N4O6/c1-3-8-18-15(25)19-12(22)10-27-13(23)9-21-14(24)17(20-16(21)26)7-5-4-6-11(17)2/h11H,3-10H2,1-2H3,(H,20,26)(H2,18,19,22,25)/t11-,17+/m0/s1. The molecular formula is C17H26N4O6. The summed E-state index contributed by atoms with van der Waals surface area (Å²) in [5, 5.41) is 7.18. The summed E-state index contributed by atoms with van der Waals surface area (Å²) in [4.78, 5) is 60.6. The van der Waals surface area contributed by atoms with E-state index in [1.54, 1.807) is 0 Å². The van der Waals surface area contributed by atoms with E-state index in [0.717, 1.165) is 24.2 Å². The Kier molecular flexibility index (Phi) is 6.75. The zero-order chi connectivity index (χ0) is 20.0. The number of esters is 1. The number of ether oxygens (including phenoxy) is 1. The third-order valence-electron chi connectivity index (χ3n) is 4.94. The molecule has 10 nitrogen and oxygen atoms in total. The van der Waals surface area contributed by atoms with Crippen molar-refractivity contribution in [2.24, 2.45) is 5.92 Å². The van der Waals surface area contributed by atoms with Crippen LogP contribution in [0.25, 0.3) is 0 Å². The molecule has 6 amide bonds. The molecule has 10 heteroatoms. The first-order valence-electron chi connectivity index (χ1n) is 9.17. The number of nitrogens with zero attached hydrogens (tertiary/aromatic N) is 1. The highest BCUT2D eigenvalue weighted by Crippen LogP contribution is 2.38. The maximum Gasteiger partial charge on any atom is 0.326 e. The van der Waals surface area contributed by atoms with Gasteiger partial charge in [-0.25, -0.2) is 9.59 Å². The van der Waals surface area contributed by atoms with E-state index in [-0.39, 0.29) is 5.92 Å². The first kappa shape index (κ1) is 20.7. The normalized spacial score (nSPS) is 24.5. The predicted octanol–water partition coefficient (Wildman–Crippen LogP) is 0.266. The Bertz CT molecular complexity index is 637. The molecule has 0 unspecified atom stereocenters. The van der Waals surface area contributed by atoms with Crippen LogP contribution in [0.5, 0.6) is 0 Å². The van der Waals surface area contributed by atoms with Gasteiger partial charge >= 0.3 is 18.0 Å². The molecule has 2 fully saturated rings. The Balaban J connectivity index is 1.83. The van der Waals surface area contributed by atoms with Crippen LogP contribution in [0, 0.1) is 5.92 Å². The summed E-state index contributed by atoms with van der Waals surface area (Å²) in [5.74, 6) is -2.15. The maximum absolute atomic E-state index is 12.7. The Labute approximate surface area is 157 Å². The highest BCUT2D eigenvalue weighted by molar-refractivity contribution is 6.09. The maximum atomic E-state index is 12.7. The van der Waals surface area contributed by atoms with E-state index in [2.05, 4.69) is 10.6 Å². The van der Waals surface area contributed by atoms with Gasteiger partial charge in [-0.2, -0.15) is 0 Å². The van der Waals surface area contributed by atoms with E-state index in [9.17, 15) is 24.0 Å². The molecule has 1 aliphatic carbocycles. The van der Waals surface area contributed by atoms with E-state index in [1.165, 1.54) is 0 Å². The molecule has 150 valence electrons. The van der Waals surface area contributed by atoms with Gasteiger partial charge in [0.1, 0.15) is 12.1 Å². The van der Waals surface area contributed by atoms with Gasteiger partial charge < -0.3 is 15.4 Å². The molecule has 0 aromatic heterocycles. The van der Waals surface area contributed by atoms with Gasteiger partial charge in [0.25, 0.3) is 11.8 Å². The summed E-state index contributed by atoms with van der Waals surface area (Å²) < 4.78 is 4.77. The first-order chi connectivity index (χ1) is 12.8. The quantitative estimate of drug-likeness (QED) is 0.446. The Hall–Kier alpha value is -2.65. The average molecular weight is 382 g/mol. The summed E-state index contributed by atoms with van der Waals surface area (Å²) in [6, 6.07) is -1.31. The van der Waals surface area contributed by atoms with Gasteiger partial charge in [-0.3, -0.25) is 24.6 Å². The number of nitrogens with one attached hydrogen (secondary N) is 3. The van der Waals surface area contributed by atoms with Crippen LogP contribution in [0.3, 0.4) is 0 Å². The number of imide groups is 2. The number of carbonyl (C=O) groups excluding carboxylic acids is 5. The number of hydrogen-bond acceptors (Lipinski definition) is 6. The van der Waals surface area contributed by atoms with E-state index >= 15 is 0 Å². The molecule has 1 aliphatic heterocycles. The van der Waals surface area contributed by atoms with Crippen molar-refractivity contribution in [2.45, 2.75) is 51.5 Å². The molecule has 0 radical (unpaired) electrons. The van der Waals surface area contributed by atoms with Gasteiger partial charge in [0.15, 0.2) is 6.61 Å². The van der Waals surface area contributed by atoms with Gasteiger partial charge in [0, 0.05) is 6.54 Å². The molecule has 3 N–H and O–H groups in total. The van der Waals surface area contributed by atoms with Gasteiger partial charge in [-0.15, -0.1) is 0 Å². The monoisotopic (exact) mass is 382 g/mol. The molecule has 2 aliphatic rings. The summed E-state index contributed by atoms with van der Waals surface area (Å²) in [6.45, 7) is 2.92. The number of hydrogen-bond donors (Lipinski definition) is 3. The third kappa shape index (κ3) is 4.75. The molecule has 1 saturated heterocycles. The molecule has 2 atom stereocenters. The number of amides is 6. The van der Waals surface area contributed by atoms with Crippen LogP contribution in [0.4, 0.5) is 9.59 Å². The Morgan fingerprint density at radius 3 is 2.70 bits per heavy atom. The second kappa shape index (κ2) is 8.83. The summed E-state index contributed by atoms with van der Waals surface area (Å²) in [5.41, 5.74) is -0.954. The number of rotatable bonds is 6. The molecule has 0 aromatic rings. The SMILES string of the molecule is CCCNC(=O)NC(=O)COC(=O)CN1C(=O)N[C@@]2(CCCC[C@@H]2C)C1=O. The van der Waals surface area contributed by atoms with Crippen LogP contribution in [0.15, 0.2) is 0 Å². The van der Waals surface area contributed by atoms with Crippen LogP contribution < -0.4 is 16.0 Å². The minimum absolute atomic E-state index is 0.0175. The van der Waals surface area contributed by atoms with E-state index in [0.29, 0.717) is 19.4 Å². The molecule has 1 heterocycles. The Morgan fingerprint density at radius 2 is 2.04 bits per heavy atom. The summed E-state index contributed by atoms with van der Waals surface area (Å²) in [6.07, 6.45) is 3.90. The van der Waals surface area contributed by atoms with Crippen LogP contribution in [-0.4, -0.2) is 60.0 Å². The third-order valence-corrected chi connectivity index (χ3v) is 4.94. The average Bonchev–Trinajstić information content (AvgIpc) is 2.86. The van der Waals surface area contributed by atoms with Crippen molar-refractivity contribution < 1.29 is 28.7 Å². The van der Waals surface area contributed by atoms with Crippen molar-refractivity contribution in [3.63, 3.8) is 0 Å². The van der Waals surface area contributed by atoms with Crippen molar-refractivity contribution in [2.75, 3.05) is 19.7 Å². The minimum Gasteiger partial charge on any atom is -0.454 e. The first-order valence-corrected chi connectivity index (χ1v) is 9.17. The minimum atomic E-state index is -0.954. The van der Waals surface area contributed by atoms with Crippen LogP contribution >= 0.6 is 0 Å². The molecule has 1 saturated carbocycles. The van der Waals surface area contributed by atoms with Gasteiger partial charge in [-0.1, -0.05) is 26.7 Å². The predicted molar refractivity (Wildman–Crippen MR) is 93.4 cm³/mol. The fraction of sp³-hybridized carbons (Fsp3) is 0.706. The highest BCUT2D eigenvalue weighted by Gasteiger charge is 2.55. The van der Waals surface area contributed by atoms with E-state index in [1.807, 2.05) is 19.2 Å². The van der Waals surface area contributed by atoms with Crippen molar-refractivity contribution >= 4 is 29.8 Å². The van der Waals surface area contributed by atoms with Crippen LogP contribution in [0.2, 0.25) is 0 Å². The second-order valence-corrected chi connectivity index (χ2v) is 6.90. The van der Waals surface area contributed by atoms with Gasteiger partial charge in [0.2, 0.25) is 0 Å². The molecule has 0 aromatic carbocycles. The van der Waals surface area contributed by atoms with Crippen molar-refractivity contribution in [1.29, 1.82) is 0 Å². The lowest BCUT2D eigenvalue weighted by atomic mass is 9.73. The number of carbonyl (C=O) groups is 5. The lowest BCUT2D eigenvalue weighted by Gasteiger charge is -2.36. The molecule has 27 heavy (non-hydrogen) atoms. The zero-order valence-electron chi connectivity index (χ0n) is 15.6. The van der Waals surface area contributed by atoms with Crippen molar-refractivity contribution in [1.82, 2.24) is 20.9 Å². The number of urea groups is 2. The van der Waals surface area contributed by atoms with Crippen LogP contribution in [-0.2, 0) is 19.1 Å². The fourth-order valence-corrected chi connectivity index (χ4v) is 3.41.